The lowest BCUT2D eigenvalue weighted by Crippen LogP contribution is -2.05. The molecule has 2 aromatic rings. The lowest BCUT2D eigenvalue weighted by atomic mass is 10.2. The lowest BCUT2D eigenvalue weighted by molar-refractivity contribution is 0.0526. The van der Waals surface area contributed by atoms with Crippen LogP contribution in [0.5, 0.6) is 5.88 Å². The van der Waals surface area contributed by atoms with Crippen LogP contribution in [-0.4, -0.2) is 29.2 Å². The molecule has 0 fully saturated rings. The summed E-state index contributed by atoms with van der Waals surface area (Å²) in [5.74, 6) is 0.547. The van der Waals surface area contributed by atoms with Gasteiger partial charge in [-0.3, -0.25) is 0 Å². The van der Waals surface area contributed by atoms with Crippen LogP contribution in [0.2, 0.25) is 0 Å². The van der Waals surface area contributed by atoms with Crippen LogP contribution in [0, 0.1) is 0 Å². The predicted molar refractivity (Wildman–Crippen MR) is 86.6 cm³/mol. The number of nitrogens with one attached hydrogen (secondary N) is 1. The minimum atomic E-state index is -0.340. The number of halogens is 1. The van der Waals surface area contributed by atoms with E-state index in [1.807, 2.05) is 6.92 Å². The summed E-state index contributed by atoms with van der Waals surface area (Å²) in [5.41, 5.74) is 1.26. The number of aromatic nitrogens is 2. The molecule has 1 aromatic heterocycles. The Morgan fingerprint density at radius 1 is 1.23 bits per heavy atom. The molecule has 0 atom stereocenters. The molecule has 0 radical (unpaired) electrons. The Kier molecular flexibility index (Phi) is 5.71. The van der Waals surface area contributed by atoms with E-state index < -0.39 is 0 Å². The van der Waals surface area contributed by atoms with Gasteiger partial charge in [-0.15, -0.1) is 0 Å². The normalized spacial score (nSPS) is 10.1. The summed E-state index contributed by atoms with van der Waals surface area (Å²) < 4.78 is 11.0. The average Bonchev–Trinajstić information content (AvgIpc) is 2.52. The van der Waals surface area contributed by atoms with Crippen molar-refractivity contribution in [3.63, 3.8) is 0 Å². The van der Waals surface area contributed by atoms with Gasteiger partial charge in [-0.1, -0.05) is 0 Å². The molecule has 22 heavy (non-hydrogen) atoms. The number of benzene rings is 1. The third-order valence-electron chi connectivity index (χ3n) is 2.65. The molecule has 0 saturated carbocycles. The van der Waals surface area contributed by atoms with Crippen molar-refractivity contribution in [1.82, 2.24) is 9.97 Å². The van der Waals surface area contributed by atoms with E-state index in [1.54, 1.807) is 37.4 Å². The molecule has 0 amide bonds. The Morgan fingerprint density at radius 3 is 2.59 bits per heavy atom. The second kappa shape index (κ2) is 7.74. The van der Waals surface area contributed by atoms with E-state index in [0.717, 1.165) is 5.69 Å². The molecular formula is C15H16BrN3O3. The van der Waals surface area contributed by atoms with Gasteiger partial charge in [0, 0.05) is 5.69 Å². The number of hydrogen-bond acceptors (Lipinski definition) is 6. The molecule has 0 unspecified atom stereocenters. The average molecular weight is 366 g/mol. The van der Waals surface area contributed by atoms with E-state index in [0.29, 0.717) is 35.1 Å². The van der Waals surface area contributed by atoms with Crippen molar-refractivity contribution in [3.05, 3.63) is 40.5 Å². The molecule has 7 heteroatoms. The zero-order valence-corrected chi connectivity index (χ0v) is 13.9. The molecule has 0 saturated heterocycles. The maximum atomic E-state index is 11.6. The van der Waals surface area contributed by atoms with Gasteiger partial charge in [-0.25, -0.2) is 9.78 Å². The SMILES string of the molecule is CCOC(=O)c1ccc(Nc2ncc(Br)c(OCC)n2)cc1. The van der Waals surface area contributed by atoms with E-state index in [2.05, 4.69) is 31.2 Å². The van der Waals surface area contributed by atoms with Gasteiger partial charge in [0.05, 0.1) is 29.4 Å². The van der Waals surface area contributed by atoms with Crippen LogP contribution in [0.4, 0.5) is 11.6 Å². The second-order valence-electron chi connectivity index (χ2n) is 4.20. The summed E-state index contributed by atoms with van der Waals surface area (Å²) in [6, 6.07) is 6.89. The topological polar surface area (TPSA) is 73.3 Å². The molecular weight excluding hydrogens is 350 g/mol. The van der Waals surface area contributed by atoms with Crippen LogP contribution >= 0.6 is 15.9 Å². The van der Waals surface area contributed by atoms with Crippen LogP contribution in [0.25, 0.3) is 0 Å². The monoisotopic (exact) mass is 365 g/mol. The highest BCUT2D eigenvalue weighted by Gasteiger charge is 2.08. The first-order valence-electron chi connectivity index (χ1n) is 6.83. The maximum absolute atomic E-state index is 11.6. The Bertz CT molecular complexity index is 647. The minimum Gasteiger partial charge on any atom is -0.477 e. The fourth-order valence-electron chi connectivity index (χ4n) is 1.68. The Morgan fingerprint density at radius 2 is 1.95 bits per heavy atom. The van der Waals surface area contributed by atoms with Gasteiger partial charge in [0.15, 0.2) is 0 Å². The third kappa shape index (κ3) is 4.17. The maximum Gasteiger partial charge on any atom is 0.338 e. The van der Waals surface area contributed by atoms with E-state index in [9.17, 15) is 4.79 Å². The molecule has 116 valence electrons. The van der Waals surface area contributed by atoms with Crippen LogP contribution in [-0.2, 0) is 4.74 Å². The van der Waals surface area contributed by atoms with E-state index in [-0.39, 0.29) is 5.97 Å². The van der Waals surface area contributed by atoms with Gasteiger partial charge >= 0.3 is 5.97 Å². The summed E-state index contributed by atoms with van der Waals surface area (Å²) in [6.07, 6.45) is 1.62. The van der Waals surface area contributed by atoms with Crippen LogP contribution in [0.3, 0.4) is 0 Å². The zero-order chi connectivity index (χ0) is 15.9. The van der Waals surface area contributed by atoms with Gasteiger partial charge < -0.3 is 14.8 Å². The highest BCUT2D eigenvalue weighted by atomic mass is 79.9. The van der Waals surface area contributed by atoms with Crippen molar-refractivity contribution < 1.29 is 14.3 Å². The first-order chi connectivity index (χ1) is 10.6. The molecule has 2 rings (SSSR count). The zero-order valence-electron chi connectivity index (χ0n) is 12.3. The first-order valence-corrected chi connectivity index (χ1v) is 7.62. The summed E-state index contributed by atoms with van der Waals surface area (Å²) in [5, 5.41) is 3.05. The molecule has 0 spiro atoms. The number of anilines is 2. The van der Waals surface area contributed by atoms with Gasteiger partial charge in [-0.05, 0) is 54.0 Å². The van der Waals surface area contributed by atoms with Gasteiger partial charge in [0.1, 0.15) is 0 Å². The Balaban J connectivity index is 2.10. The highest BCUT2D eigenvalue weighted by Crippen LogP contribution is 2.24. The molecule has 1 N–H and O–H groups in total. The van der Waals surface area contributed by atoms with E-state index in [1.165, 1.54) is 0 Å². The standard InChI is InChI=1S/C15H16BrN3O3/c1-3-21-13-12(16)9-17-15(19-13)18-11-7-5-10(6-8-11)14(20)22-4-2/h5-9H,3-4H2,1-2H3,(H,17,18,19). The first kappa shape index (κ1) is 16.2. The minimum absolute atomic E-state index is 0.340. The lowest BCUT2D eigenvalue weighted by Gasteiger charge is -2.09. The molecule has 0 aliphatic carbocycles. The summed E-state index contributed by atoms with van der Waals surface area (Å²) in [6.45, 7) is 4.53. The van der Waals surface area contributed by atoms with E-state index in [4.69, 9.17) is 9.47 Å². The van der Waals surface area contributed by atoms with E-state index >= 15 is 0 Å². The number of carbonyl (C=O) groups is 1. The molecule has 1 aromatic carbocycles. The largest absolute Gasteiger partial charge is 0.477 e. The fraction of sp³-hybridized carbons (Fsp3) is 0.267. The fourth-order valence-corrected chi connectivity index (χ4v) is 1.99. The van der Waals surface area contributed by atoms with Crippen LogP contribution < -0.4 is 10.1 Å². The number of nitrogens with zero attached hydrogens (tertiary/aromatic N) is 2. The van der Waals surface area contributed by atoms with Crippen LogP contribution in [0.1, 0.15) is 24.2 Å². The highest BCUT2D eigenvalue weighted by molar-refractivity contribution is 9.10. The molecule has 0 bridgehead atoms. The predicted octanol–water partition coefficient (Wildman–Crippen LogP) is 3.56. The number of hydrogen-bond donors (Lipinski definition) is 1. The number of rotatable bonds is 6. The molecule has 0 aliphatic rings. The van der Waals surface area contributed by atoms with Crippen molar-refractivity contribution >= 4 is 33.5 Å². The number of ether oxygens (including phenoxy) is 2. The number of carbonyl (C=O) groups excluding carboxylic acids is 1. The molecule has 0 aliphatic heterocycles. The molecule has 1 heterocycles. The Labute approximate surface area is 137 Å². The Hall–Kier alpha value is -2.15. The van der Waals surface area contributed by atoms with Gasteiger partial charge in [0.2, 0.25) is 11.8 Å². The van der Waals surface area contributed by atoms with Crippen molar-refractivity contribution in [2.24, 2.45) is 0 Å². The number of esters is 1. The summed E-state index contributed by atoms with van der Waals surface area (Å²) in [4.78, 5) is 20.0. The van der Waals surface area contributed by atoms with Crippen LogP contribution in [0.15, 0.2) is 34.9 Å². The van der Waals surface area contributed by atoms with Gasteiger partial charge in [0.25, 0.3) is 0 Å². The van der Waals surface area contributed by atoms with Crippen molar-refractivity contribution in [3.8, 4) is 5.88 Å². The third-order valence-corrected chi connectivity index (χ3v) is 3.19. The summed E-state index contributed by atoms with van der Waals surface area (Å²) in [7, 11) is 0. The van der Waals surface area contributed by atoms with Crippen molar-refractivity contribution in [2.75, 3.05) is 18.5 Å². The van der Waals surface area contributed by atoms with Crippen molar-refractivity contribution in [2.45, 2.75) is 13.8 Å². The quantitative estimate of drug-likeness (QED) is 0.789. The molecule has 6 nitrogen and oxygen atoms in total. The smallest absolute Gasteiger partial charge is 0.338 e. The second-order valence-corrected chi connectivity index (χ2v) is 5.06. The van der Waals surface area contributed by atoms with Gasteiger partial charge in [-0.2, -0.15) is 4.98 Å². The van der Waals surface area contributed by atoms with Crippen molar-refractivity contribution in [1.29, 1.82) is 0 Å². The summed E-state index contributed by atoms with van der Waals surface area (Å²) >= 11 is 3.33.